The summed E-state index contributed by atoms with van der Waals surface area (Å²) in [5, 5.41) is 4.08. The SMILES string of the molecule is C=CNCCc1nc(-c2ccc(N3CCC(F)C3)nc2)sc1C. The van der Waals surface area contributed by atoms with Gasteiger partial charge in [-0.1, -0.05) is 6.58 Å². The molecular formula is C17H21FN4S. The number of nitrogens with zero attached hydrogens (tertiary/aromatic N) is 3. The lowest BCUT2D eigenvalue weighted by Gasteiger charge is -2.15. The second-order valence-corrected chi connectivity index (χ2v) is 6.87. The molecule has 1 N–H and O–H groups in total. The van der Waals surface area contributed by atoms with Gasteiger partial charge < -0.3 is 10.2 Å². The largest absolute Gasteiger partial charge is 0.391 e. The summed E-state index contributed by atoms with van der Waals surface area (Å²) in [6.07, 6.45) is 4.28. The highest BCUT2D eigenvalue weighted by Gasteiger charge is 2.22. The van der Waals surface area contributed by atoms with Crippen LogP contribution >= 0.6 is 11.3 Å². The van der Waals surface area contributed by atoms with Crippen LogP contribution in [-0.4, -0.2) is 35.8 Å². The number of anilines is 1. The van der Waals surface area contributed by atoms with Crippen molar-refractivity contribution in [2.75, 3.05) is 24.5 Å². The number of halogens is 1. The fourth-order valence-corrected chi connectivity index (χ4v) is 3.65. The quantitative estimate of drug-likeness (QED) is 0.824. The lowest BCUT2D eigenvalue weighted by atomic mass is 10.2. The second-order valence-electron chi connectivity index (χ2n) is 5.67. The number of rotatable bonds is 6. The molecule has 2 aromatic heterocycles. The van der Waals surface area contributed by atoms with Gasteiger partial charge in [0.25, 0.3) is 0 Å². The molecule has 1 aliphatic rings. The first-order valence-electron chi connectivity index (χ1n) is 7.83. The van der Waals surface area contributed by atoms with Crippen molar-refractivity contribution in [3.63, 3.8) is 0 Å². The van der Waals surface area contributed by atoms with Gasteiger partial charge in [-0.3, -0.25) is 0 Å². The van der Waals surface area contributed by atoms with Gasteiger partial charge in [0.05, 0.1) is 12.2 Å². The van der Waals surface area contributed by atoms with E-state index >= 15 is 0 Å². The van der Waals surface area contributed by atoms with Crippen molar-refractivity contribution in [2.45, 2.75) is 25.9 Å². The van der Waals surface area contributed by atoms with Crippen LogP contribution in [-0.2, 0) is 6.42 Å². The first kappa shape index (κ1) is 15.9. The third-order valence-electron chi connectivity index (χ3n) is 3.99. The highest BCUT2D eigenvalue weighted by molar-refractivity contribution is 7.15. The highest BCUT2D eigenvalue weighted by Crippen LogP contribution is 2.29. The van der Waals surface area contributed by atoms with Crippen LogP contribution in [0.5, 0.6) is 0 Å². The maximum Gasteiger partial charge on any atom is 0.128 e. The molecule has 3 rings (SSSR count). The number of pyridine rings is 1. The molecule has 1 saturated heterocycles. The molecule has 3 heterocycles. The Morgan fingerprint density at radius 3 is 3.04 bits per heavy atom. The minimum absolute atomic E-state index is 0.448. The Labute approximate surface area is 140 Å². The Morgan fingerprint density at radius 2 is 2.39 bits per heavy atom. The molecule has 0 aliphatic carbocycles. The molecule has 1 unspecified atom stereocenters. The van der Waals surface area contributed by atoms with Gasteiger partial charge in [0.2, 0.25) is 0 Å². The fourth-order valence-electron chi connectivity index (χ4n) is 2.70. The molecule has 0 spiro atoms. The van der Waals surface area contributed by atoms with E-state index in [9.17, 15) is 4.39 Å². The summed E-state index contributed by atoms with van der Waals surface area (Å²) >= 11 is 1.69. The summed E-state index contributed by atoms with van der Waals surface area (Å²) < 4.78 is 13.3. The average molecular weight is 332 g/mol. The van der Waals surface area contributed by atoms with Crippen molar-refractivity contribution in [1.29, 1.82) is 0 Å². The van der Waals surface area contributed by atoms with E-state index in [0.29, 0.717) is 13.0 Å². The molecule has 1 fully saturated rings. The van der Waals surface area contributed by atoms with Crippen molar-refractivity contribution < 1.29 is 4.39 Å². The monoisotopic (exact) mass is 332 g/mol. The molecule has 0 aromatic carbocycles. The van der Waals surface area contributed by atoms with Gasteiger partial charge in [-0.05, 0) is 31.7 Å². The van der Waals surface area contributed by atoms with Gasteiger partial charge in [-0.15, -0.1) is 11.3 Å². The summed E-state index contributed by atoms with van der Waals surface area (Å²) in [6.45, 7) is 7.77. The van der Waals surface area contributed by atoms with Crippen LogP contribution in [0.1, 0.15) is 17.0 Å². The summed E-state index contributed by atoms with van der Waals surface area (Å²) in [6, 6.07) is 3.99. The van der Waals surface area contributed by atoms with Gasteiger partial charge in [0.15, 0.2) is 0 Å². The number of aromatic nitrogens is 2. The standard InChI is InChI=1S/C17H21FN4S/c1-3-19-8-6-15-12(2)23-17(21-15)13-4-5-16(20-10-13)22-9-7-14(18)11-22/h3-5,10,14,19H,1,6-9,11H2,2H3. The van der Waals surface area contributed by atoms with Crippen LogP contribution in [0.4, 0.5) is 10.2 Å². The number of thiazole rings is 1. The molecule has 23 heavy (non-hydrogen) atoms. The van der Waals surface area contributed by atoms with Crippen LogP contribution in [0.2, 0.25) is 0 Å². The molecule has 122 valence electrons. The number of alkyl halides is 1. The van der Waals surface area contributed by atoms with Crippen LogP contribution < -0.4 is 10.2 Å². The van der Waals surface area contributed by atoms with Gasteiger partial charge in [-0.25, -0.2) is 14.4 Å². The van der Waals surface area contributed by atoms with Gasteiger partial charge in [0.1, 0.15) is 17.0 Å². The summed E-state index contributed by atoms with van der Waals surface area (Å²) in [5.41, 5.74) is 2.13. The van der Waals surface area contributed by atoms with Crippen molar-refractivity contribution in [3.05, 3.63) is 41.7 Å². The fraction of sp³-hybridized carbons (Fsp3) is 0.412. The van der Waals surface area contributed by atoms with E-state index < -0.39 is 6.17 Å². The minimum Gasteiger partial charge on any atom is -0.391 e. The predicted octanol–water partition coefficient (Wildman–Crippen LogP) is 3.34. The molecule has 0 bridgehead atoms. The van der Waals surface area contributed by atoms with E-state index in [1.165, 1.54) is 4.88 Å². The van der Waals surface area contributed by atoms with Crippen LogP contribution in [0.25, 0.3) is 10.6 Å². The van der Waals surface area contributed by atoms with E-state index in [1.54, 1.807) is 17.5 Å². The van der Waals surface area contributed by atoms with Crippen LogP contribution in [0, 0.1) is 6.92 Å². The van der Waals surface area contributed by atoms with E-state index in [4.69, 9.17) is 4.98 Å². The van der Waals surface area contributed by atoms with Crippen molar-refractivity contribution in [3.8, 4) is 10.6 Å². The lowest BCUT2D eigenvalue weighted by Crippen LogP contribution is -2.20. The smallest absolute Gasteiger partial charge is 0.128 e. The third-order valence-corrected chi connectivity index (χ3v) is 5.05. The molecular weight excluding hydrogens is 311 g/mol. The predicted molar refractivity (Wildman–Crippen MR) is 93.7 cm³/mol. The Morgan fingerprint density at radius 1 is 1.52 bits per heavy atom. The van der Waals surface area contributed by atoms with Gasteiger partial charge >= 0.3 is 0 Å². The number of hydrogen-bond acceptors (Lipinski definition) is 5. The molecule has 0 amide bonds. The lowest BCUT2D eigenvalue weighted by molar-refractivity contribution is 0.364. The summed E-state index contributed by atoms with van der Waals surface area (Å²) in [5.74, 6) is 0.845. The minimum atomic E-state index is -0.732. The molecule has 2 aromatic rings. The molecule has 0 radical (unpaired) electrons. The maximum atomic E-state index is 13.3. The first-order valence-corrected chi connectivity index (χ1v) is 8.65. The van der Waals surface area contributed by atoms with Gasteiger partial charge in [-0.2, -0.15) is 0 Å². The molecule has 4 nitrogen and oxygen atoms in total. The second kappa shape index (κ2) is 7.08. The Hall–Kier alpha value is -1.95. The van der Waals surface area contributed by atoms with Crippen LogP contribution in [0.3, 0.4) is 0 Å². The Bertz CT molecular complexity index is 668. The summed E-state index contributed by atoms with van der Waals surface area (Å²) in [7, 11) is 0. The van der Waals surface area contributed by atoms with E-state index in [-0.39, 0.29) is 0 Å². The topological polar surface area (TPSA) is 41.1 Å². The zero-order chi connectivity index (χ0) is 16.2. The van der Waals surface area contributed by atoms with Crippen molar-refractivity contribution in [2.24, 2.45) is 0 Å². The zero-order valence-electron chi connectivity index (χ0n) is 13.3. The molecule has 0 saturated carbocycles. The summed E-state index contributed by atoms with van der Waals surface area (Å²) in [4.78, 5) is 12.4. The first-order chi connectivity index (χ1) is 11.2. The Balaban J connectivity index is 1.72. The van der Waals surface area contributed by atoms with Crippen LogP contribution in [0.15, 0.2) is 31.1 Å². The number of hydrogen-bond donors (Lipinski definition) is 1. The van der Waals surface area contributed by atoms with E-state index in [2.05, 4.69) is 23.8 Å². The molecule has 1 aliphatic heterocycles. The third kappa shape index (κ3) is 3.69. The molecule has 1 atom stereocenters. The van der Waals surface area contributed by atoms with E-state index in [0.717, 1.165) is 41.6 Å². The maximum absolute atomic E-state index is 13.3. The van der Waals surface area contributed by atoms with Crippen molar-refractivity contribution >= 4 is 17.2 Å². The Kier molecular flexibility index (Phi) is 4.91. The van der Waals surface area contributed by atoms with Crippen molar-refractivity contribution in [1.82, 2.24) is 15.3 Å². The zero-order valence-corrected chi connectivity index (χ0v) is 14.1. The normalized spacial score (nSPS) is 17.5. The van der Waals surface area contributed by atoms with Gasteiger partial charge in [0, 0.05) is 36.1 Å². The molecule has 6 heteroatoms. The highest BCUT2D eigenvalue weighted by atomic mass is 32.1. The number of aryl methyl sites for hydroxylation is 1. The van der Waals surface area contributed by atoms with E-state index in [1.807, 2.05) is 23.2 Å². The number of nitrogens with one attached hydrogen (secondary N) is 1. The average Bonchev–Trinajstić information content (AvgIpc) is 3.14.